The number of hydrogen-bond acceptors (Lipinski definition) is 10. The van der Waals surface area contributed by atoms with Crippen LogP contribution in [0.15, 0.2) is 138 Å². The van der Waals surface area contributed by atoms with Crippen LogP contribution in [0.4, 0.5) is 32.0 Å². The number of alkyl halides is 6. The third-order valence-corrected chi connectivity index (χ3v) is 13.3. The lowest BCUT2D eigenvalue weighted by Gasteiger charge is -2.19. The molecule has 0 saturated heterocycles. The Kier molecular flexibility index (Phi) is 16.5. The van der Waals surface area contributed by atoms with Gasteiger partial charge in [-0.1, -0.05) is 12.1 Å². The zero-order valence-corrected chi connectivity index (χ0v) is 38.0. The van der Waals surface area contributed by atoms with Crippen LogP contribution in [-0.2, 0) is 44.2 Å². The van der Waals surface area contributed by atoms with Gasteiger partial charge in [-0.15, -0.1) is 0 Å². The molecule has 22 heteroatoms. The third-order valence-electron chi connectivity index (χ3n) is 10.3. The number of carbonyl (C=O) groups is 2. The molecule has 0 saturated carbocycles. The van der Waals surface area contributed by atoms with Crippen LogP contribution in [0.3, 0.4) is 0 Å². The second kappa shape index (κ2) is 22.0. The predicted octanol–water partition coefficient (Wildman–Crippen LogP) is 6.62. The summed E-state index contributed by atoms with van der Waals surface area (Å²) in [6.07, 6.45) is -9.51. The standard InChI is InChI=1S/C47H40F6N6O8S2/c1-28-40(68(64)36-13-9-30(27-54)10-14-36)25-38(44(62)58(28)34-7-3-5-31(23-34)46(48,49)50)42(60)56-17-19-66-21-22-67-20-18-57-43(61)39-26-41(69(65)37-15-11-33(55)12-16-37)29(2)59(45(39)63)35-8-4-6-32(24-35)47(51,52)53/h3-16,23-26H,17-22,55H2,1-2H3,(H,56,60)(H,57,61). The van der Waals surface area contributed by atoms with Crippen LogP contribution >= 0.6 is 0 Å². The van der Waals surface area contributed by atoms with E-state index >= 15 is 0 Å². The minimum Gasteiger partial charge on any atom is -0.606 e. The summed E-state index contributed by atoms with van der Waals surface area (Å²) in [6.45, 7) is 2.23. The minimum absolute atomic E-state index is 0.00574. The van der Waals surface area contributed by atoms with Gasteiger partial charge >= 0.3 is 12.4 Å². The van der Waals surface area contributed by atoms with Crippen molar-refractivity contribution in [3.05, 3.63) is 169 Å². The molecule has 6 rings (SSSR count). The Bertz CT molecular complexity index is 3010. The first-order chi connectivity index (χ1) is 32.7. The van der Waals surface area contributed by atoms with Crippen molar-refractivity contribution < 1.29 is 54.5 Å². The fraction of sp³-hybridized carbons (Fsp3) is 0.213. The van der Waals surface area contributed by atoms with E-state index in [0.29, 0.717) is 5.69 Å². The van der Waals surface area contributed by atoms with E-state index in [9.17, 15) is 54.6 Å². The highest BCUT2D eigenvalue weighted by Gasteiger charge is 2.34. The van der Waals surface area contributed by atoms with Gasteiger partial charge in [0.1, 0.15) is 11.1 Å². The number of nitrogens with zero attached hydrogens (tertiary/aromatic N) is 3. The van der Waals surface area contributed by atoms with Gasteiger partial charge < -0.3 is 34.9 Å². The summed E-state index contributed by atoms with van der Waals surface area (Å²) in [6, 6.07) is 23.5. The van der Waals surface area contributed by atoms with Gasteiger partial charge in [-0.25, -0.2) is 0 Å². The van der Waals surface area contributed by atoms with Crippen LogP contribution in [0, 0.1) is 25.2 Å². The zero-order valence-electron chi connectivity index (χ0n) is 36.4. The van der Waals surface area contributed by atoms with Crippen molar-refractivity contribution in [2.24, 2.45) is 0 Å². The van der Waals surface area contributed by atoms with Gasteiger partial charge in [-0.2, -0.15) is 31.6 Å². The number of nitrogens with two attached hydrogens (primary N) is 1. The molecular formula is C47H40F6N6O8S2. The average molecular weight is 995 g/mol. The predicted molar refractivity (Wildman–Crippen MR) is 241 cm³/mol. The van der Waals surface area contributed by atoms with Gasteiger partial charge in [0.05, 0.1) is 60.6 Å². The zero-order chi connectivity index (χ0) is 50.2. The summed E-state index contributed by atoms with van der Waals surface area (Å²) in [5.74, 6) is -1.86. The monoisotopic (exact) mass is 994 g/mol. The molecule has 0 spiro atoms. The molecule has 0 aliphatic rings. The number of ether oxygens (including phenoxy) is 2. The lowest BCUT2D eigenvalue weighted by Crippen LogP contribution is -2.36. The van der Waals surface area contributed by atoms with E-state index < -0.39 is 79.9 Å². The Balaban J connectivity index is 1.07. The van der Waals surface area contributed by atoms with Crippen molar-refractivity contribution in [3.63, 3.8) is 0 Å². The Morgan fingerprint density at radius 1 is 0.638 bits per heavy atom. The number of amides is 2. The third kappa shape index (κ3) is 12.2. The van der Waals surface area contributed by atoms with Crippen molar-refractivity contribution in [2.45, 2.75) is 45.8 Å². The molecule has 2 aromatic heterocycles. The quantitative estimate of drug-likeness (QED) is 0.0384. The number of pyridine rings is 2. The first-order valence-electron chi connectivity index (χ1n) is 20.5. The second-order valence-electron chi connectivity index (χ2n) is 14.9. The number of halogens is 6. The van der Waals surface area contributed by atoms with Gasteiger partial charge in [-0.3, -0.25) is 28.3 Å². The molecule has 2 unspecified atom stereocenters. The maximum Gasteiger partial charge on any atom is 0.416 e. The number of carbonyl (C=O) groups excluding carboxylic acids is 2. The van der Waals surface area contributed by atoms with Crippen molar-refractivity contribution >= 4 is 39.9 Å². The number of nitrogens with one attached hydrogen (secondary N) is 2. The van der Waals surface area contributed by atoms with E-state index in [2.05, 4.69) is 10.6 Å². The molecular weight excluding hydrogens is 955 g/mol. The van der Waals surface area contributed by atoms with Gasteiger partial charge in [0.25, 0.3) is 22.9 Å². The summed E-state index contributed by atoms with van der Waals surface area (Å²) in [5.41, 5.74) is 0.932. The van der Waals surface area contributed by atoms with E-state index in [1.807, 2.05) is 6.07 Å². The average Bonchev–Trinajstić information content (AvgIpc) is 3.31. The minimum atomic E-state index is -4.76. The largest absolute Gasteiger partial charge is 0.606 e. The molecule has 2 heterocycles. The van der Waals surface area contributed by atoms with Crippen LogP contribution in [0.1, 0.15) is 48.8 Å². The summed E-state index contributed by atoms with van der Waals surface area (Å²) >= 11 is -4.06. The van der Waals surface area contributed by atoms with Crippen molar-refractivity contribution in [1.82, 2.24) is 19.8 Å². The van der Waals surface area contributed by atoms with Crippen LogP contribution in [0.25, 0.3) is 11.4 Å². The highest BCUT2D eigenvalue weighted by Crippen LogP contribution is 2.33. The van der Waals surface area contributed by atoms with E-state index in [0.717, 1.165) is 57.7 Å². The fourth-order valence-corrected chi connectivity index (χ4v) is 9.25. The molecule has 14 nitrogen and oxygen atoms in total. The smallest absolute Gasteiger partial charge is 0.416 e. The van der Waals surface area contributed by atoms with Gasteiger partial charge in [0, 0.05) is 64.6 Å². The molecule has 4 N–H and O–H groups in total. The van der Waals surface area contributed by atoms with E-state index in [-0.39, 0.29) is 87.4 Å². The van der Waals surface area contributed by atoms with Crippen LogP contribution in [-0.4, -0.2) is 69.6 Å². The molecule has 0 aliphatic carbocycles. The van der Waals surface area contributed by atoms with Crippen LogP contribution in [0.5, 0.6) is 0 Å². The number of anilines is 1. The molecule has 0 aliphatic heterocycles. The van der Waals surface area contributed by atoms with Gasteiger partial charge in [-0.05, 0) is 98.8 Å². The second-order valence-corrected chi connectivity index (χ2v) is 17.8. The number of hydrogen-bond donors (Lipinski definition) is 3. The fourth-order valence-electron chi connectivity index (χ4n) is 6.81. The first-order valence-corrected chi connectivity index (χ1v) is 22.8. The molecule has 360 valence electrons. The summed E-state index contributed by atoms with van der Waals surface area (Å²) in [5, 5.41) is 14.2. The van der Waals surface area contributed by atoms with Crippen LogP contribution in [0.2, 0.25) is 0 Å². The normalized spacial score (nSPS) is 12.5. The highest BCUT2D eigenvalue weighted by atomic mass is 32.2. The Hall–Kier alpha value is -6.87. The number of nitriles is 1. The molecule has 0 radical (unpaired) electrons. The summed E-state index contributed by atoms with van der Waals surface area (Å²) in [4.78, 5) is 54.7. The summed E-state index contributed by atoms with van der Waals surface area (Å²) in [7, 11) is 0. The maximum absolute atomic E-state index is 13.8. The van der Waals surface area contributed by atoms with E-state index in [1.54, 1.807) is 0 Å². The molecule has 0 fully saturated rings. The Morgan fingerprint density at radius 3 is 1.41 bits per heavy atom. The van der Waals surface area contributed by atoms with Gasteiger partial charge in [0.15, 0.2) is 19.6 Å². The SMILES string of the molecule is Cc1c([S+]([O-])c2ccc(N)cc2)cc(C(=O)NCCOCCOCCNC(=O)c2cc([S+]([O-])c3ccc(C#N)cc3)c(C)n(-c3cccc(C(F)(F)F)c3)c2=O)c(=O)n1-c1cccc(C(F)(F)F)c1. The topological polar surface area (TPSA) is 217 Å². The first kappa shape index (κ1) is 51.5. The molecule has 4 aromatic carbocycles. The van der Waals surface area contributed by atoms with E-state index in [4.69, 9.17) is 20.5 Å². The molecule has 69 heavy (non-hydrogen) atoms. The van der Waals surface area contributed by atoms with Gasteiger partial charge in [0.2, 0.25) is 0 Å². The molecule has 6 aromatic rings. The Morgan fingerprint density at radius 2 is 1.03 bits per heavy atom. The molecule has 2 amide bonds. The van der Waals surface area contributed by atoms with E-state index in [1.165, 1.54) is 74.5 Å². The lowest BCUT2D eigenvalue weighted by atomic mass is 10.1. The Labute approximate surface area is 395 Å². The molecule has 0 bridgehead atoms. The lowest BCUT2D eigenvalue weighted by molar-refractivity contribution is -0.138. The van der Waals surface area contributed by atoms with Crippen LogP contribution < -0.4 is 27.5 Å². The van der Waals surface area contributed by atoms with Crippen molar-refractivity contribution in [3.8, 4) is 17.4 Å². The number of benzene rings is 4. The number of aromatic nitrogens is 2. The highest BCUT2D eigenvalue weighted by molar-refractivity contribution is 7.91. The molecule has 2 atom stereocenters. The number of nitrogen functional groups attached to an aromatic ring is 1. The summed E-state index contributed by atoms with van der Waals surface area (Å²) < 4.78 is 122. The van der Waals surface area contributed by atoms with Crippen molar-refractivity contribution in [2.75, 3.05) is 45.3 Å². The van der Waals surface area contributed by atoms with Crippen molar-refractivity contribution in [1.29, 1.82) is 5.26 Å². The maximum atomic E-state index is 13.8. The number of rotatable bonds is 17.